The molecular weight excluding hydrogens is 365 g/mol. The van der Waals surface area contributed by atoms with Crippen LogP contribution in [0.25, 0.3) is 0 Å². The third-order valence-electron chi connectivity index (χ3n) is 3.88. The summed E-state index contributed by atoms with van der Waals surface area (Å²) >= 11 is 1.63. The van der Waals surface area contributed by atoms with Gasteiger partial charge in [0.05, 0.1) is 18.7 Å². The molecule has 1 aromatic carbocycles. The highest BCUT2D eigenvalue weighted by Gasteiger charge is 2.33. The summed E-state index contributed by atoms with van der Waals surface area (Å²) < 4.78 is 42.9. The molecule has 3 rings (SSSR count). The summed E-state index contributed by atoms with van der Waals surface area (Å²) in [5.41, 5.74) is -0.814. The van der Waals surface area contributed by atoms with Gasteiger partial charge in [0.1, 0.15) is 6.10 Å². The summed E-state index contributed by atoms with van der Waals surface area (Å²) in [6, 6.07) is 12.0. The number of rotatable bonds is 6. The van der Waals surface area contributed by atoms with E-state index in [0.29, 0.717) is 25.3 Å². The van der Waals surface area contributed by atoms with Crippen LogP contribution in [-0.4, -0.2) is 40.7 Å². The Labute approximate surface area is 153 Å². The molecule has 0 saturated carbocycles. The van der Waals surface area contributed by atoms with Crippen LogP contribution in [0.15, 0.2) is 53.6 Å². The highest BCUT2D eigenvalue weighted by Crippen LogP contribution is 2.29. The van der Waals surface area contributed by atoms with E-state index >= 15 is 0 Å². The molecule has 2 aromatic rings. The van der Waals surface area contributed by atoms with Crippen LogP contribution in [0.3, 0.4) is 0 Å². The number of alkyl halides is 3. The van der Waals surface area contributed by atoms with Crippen molar-refractivity contribution in [2.45, 2.75) is 23.6 Å². The number of benzene rings is 1. The quantitative estimate of drug-likeness (QED) is 0.712. The number of likely N-dealkylation sites (tertiary alicyclic amines) is 1. The van der Waals surface area contributed by atoms with Crippen LogP contribution in [0.1, 0.15) is 12.0 Å². The number of carbonyl (C=O) groups is 1. The molecular formula is C18H17F3N2O2S. The number of ether oxygens (including phenoxy) is 1. The van der Waals surface area contributed by atoms with Crippen molar-refractivity contribution in [3.63, 3.8) is 0 Å². The second-order valence-corrected chi connectivity index (χ2v) is 7.00. The first-order chi connectivity index (χ1) is 12.4. The predicted octanol–water partition coefficient (Wildman–Crippen LogP) is 3.87. The lowest BCUT2D eigenvalue weighted by Gasteiger charge is -2.38. The Hall–Kier alpha value is -2.22. The van der Waals surface area contributed by atoms with Crippen molar-refractivity contribution in [3.8, 4) is 5.88 Å². The van der Waals surface area contributed by atoms with Crippen molar-refractivity contribution >= 4 is 17.7 Å². The minimum atomic E-state index is -4.41. The van der Waals surface area contributed by atoms with Crippen LogP contribution in [0, 0.1) is 0 Å². The number of nitrogens with zero attached hydrogens (tertiary/aromatic N) is 2. The smallest absolute Gasteiger partial charge is 0.417 e. The van der Waals surface area contributed by atoms with Gasteiger partial charge < -0.3 is 9.64 Å². The second-order valence-electron chi connectivity index (χ2n) is 5.83. The fraction of sp³-hybridized carbons (Fsp3) is 0.333. The predicted molar refractivity (Wildman–Crippen MR) is 92.0 cm³/mol. The molecule has 4 nitrogen and oxygen atoms in total. The van der Waals surface area contributed by atoms with E-state index in [1.54, 1.807) is 16.7 Å². The van der Waals surface area contributed by atoms with Crippen LogP contribution in [0.2, 0.25) is 0 Å². The van der Waals surface area contributed by atoms with Gasteiger partial charge in [0, 0.05) is 29.3 Å². The molecule has 1 saturated heterocycles. The molecule has 0 aliphatic carbocycles. The molecule has 1 aromatic heterocycles. The lowest BCUT2D eigenvalue weighted by molar-refractivity contribution is -0.140. The highest BCUT2D eigenvalue weighted by molar-refractivity contribution is 7.99. The number of amides is 1. The summed E-state index contributed by atoms with van der Waals surface area (Å²) in [7, 11) is 0. The number of pyridine rings is 1. The molecule has 0 bridgehead atoms. The van der Waals surface area contributed by atoms with Crippen molar-refractivity contribution in [1.82, 2.24) is 9.88 Å². The summed E-state index contributed by atoms with van der Waals surface area (Å²) in [5, 5.41) is 0. The van der Waals surface area contributed by atoms with Crippen LogP contribution in [-0.2, 0) is 11.0 Å². The lowest BCUT2D eigenvalue weighted by atomic mass is 10.1. The first-order valence-corrected chi connectivity index (χ1v) is 9.06. The third-order valence-corrected chi connectivity index (χ3v) is 4.89. The van der Waals surface area contributed by atoms with E-state index in [0.717, 1.165) is 17.2 Å². The highest BCUT2D eigenvalue weighted by atomic mass is 32.2. The van der Waals surface area contributed by atoms with Gasteiger partial charge in [-0.05, 0) is 18.2 Å². The molecule has 138 valence electrons. The van der Waals surface area contributed by atoms with Crippen LogP contribution in [0.4, 0.5) is 13.2 Å². The van der Waals surface area contributed by atoms with Gasteiger partial charge in [-0.1, -0.05) is 18.2 Å². The van der Waals surface area contributed by atoms with Crippen molar-refractivity contribution < 1.29 is 22.7 Å². The maximum Gasteiger partial charge on any atom is 0.417 e. The summed E-state index contributed by atoms with van der Waals surface area (Å²) in [6.45, 7) is 0.856. The molecule has 0 unspecified atom stereocenters. The van der Waals surface area contributed by atoms with E-state index in [1.807, 2.05) is 30.3 Å². The Kier molecular flexibility index (Phi) is 5.70. The SMILES string of the molecule is O=C(CCSc1ccccc1)N1CC(Oc2ccc(C(F)(F)F)cn2)C1. The van der Waals surface area contributed by atoms with Crippen molar-refractivity contribution in [2.24, 2.45) is 0 Å². The van der Waals surface area contributed by atoms with Crippen molar-refractivity contribution in [1.29, 1.82) is 0 Å². The van der Waals surface area contributed by atoms with Gasteiger partial charge in [-0.3, -0.25) is 4.79 Å². The van der Waals surface area contributed by atoms with Crippen molar-refractivity contribution in [3.05, 3.63) is 54.2 Å². The maximum absolute atomic E-state index is 12.5. The molecule has 8 heteroatoms. The first kappa shape index (κ1) is 18.6. The van der Waals surface area contributed by atoms with Crippen LogP contribution in [0.5, 0.6) is 5.88 Å². The normalized spacial score (nSPS) is 14.8. The number of thioether (sulfide) groups is 1. The van der Waals surface area contributed by atoms with Gasteiger partial charge in [0.25, 0.3) is 0 Å². The number of aromatic nitrogens is 1. The summed E-state index contributed by atoms with van der Waals surface area (Å²) in [6.07, 6.45) is -3.46. The van der Waals surface area contributed by atoms with Gasteiger partial charge in [0.2, 0.25) is 11.8 Å². The fourth-order valence-electron chi connectivity index (χ4n) is 2.44. The van der Waals surface area contributed by atoms with Crippen LogP contribution >= 0.6 is 11.8 Å². The monoisotopic (exact) mass is 382 g/mol. The van der Waals surface area contributed by atoms with E-state index in [-0.39, 0.29) is 17.9 Å². The molecule has 0 spiro atoms. The topological polar surface area (TPSA) is 42.4 Å². The number of halogens is 3. The largest absolute Gasteiger partial charge is 0.471 e. The Balaban J connectivity index is 1.38. The molecule has 1 aliphatic heterocycles. The average molecular weight is 382 g/mol. The Morgan fingerprint density at radius 2 is 1.92 bits per heavy atom. The van der Waals surface area contributed by atoms with Gasteiger partial charge in [-0.15, -0.1) is 11.8 Å². The summed E-state index contributed by atoms with van der Waals surface area (Å²) in [4.78, 5) is 18.6. The van der Waals surface area contributed by atoms with Gasteiger partial charge >= 0.3 is 6.18 Å². The zero-order valence-electron chi connectivity index (χ0n) is 13.8. The van der Waals surface area contributed by atoms with E-state index in [4.69, 9.17) is 4.74 Å². The second kappa shape index (κ2) is 7.99. The number of hydrogen-bond donors (Lipinski definition) is 0. The third kappa shape index (κ3) is 4.91. The zero-order chi connectivity index (χ0) is 18.6. The minimum Gasteiger partial charge on any atom is -0.471 e. The molecule has 1 fully saturated rings. The van der Waals surface area contributed by atoms with E-state index in [9.17, 15) is 18.0 Å². The molecule has 26 heavy (non-hydrogen) atoms. The van der Waals surface area contributed by atoms with E-state index in [1.165, 1.54) is 6.07 Å². The molecule has 0 radical (unpaired) electrons. The average Bonchev–Trinajstić information content (AvgIpc) is 2.58. The lowest BCUT2D eigenvalue weighted by Crippen LogP contribution is -2.56. The Morgan fingerprint density at radius 1 is 1.19 bits per heavy atom. The standard InChI is InChI=1S/C18H17F3N2O2S/c19-18(20,21)13-6-7-16(22-10-13)25-14-11-23(12-14)17(24)8-9-26-15-4-2-1-3-5-15/h1-7,10,14H,8-9,11-12H2. The maximum atomic E-state index is 12.5. The van der Waals surface area contributed by atoms with Crippen LogP contribution < -0.4 is 4.74 Å². The molecule has 1 amide bonds. The molecule has 0 atom stereocenters. The molecule has 0 N–H and O–H groups in total. The fourth-order valence-corrected chi connectivity index (χ4v) is 3.30. The van der Waals surface area contributed by atoms with Gasteiger partial charge in [-0.2, -0.15) is 13.2 Å². The number of hydrogen-bond acceptors (Lipinski definition) is 4. The minimum absolute atomic E-state index is 0.0497. The number of carbonyl (C=O) groups excluding carboxylic acids is 1. The first-order valence-electron chi connectivity index (χ1n) is 8.07. The van der Waals surface area contributed by atoms with E-state index in [2.05, 4.69) is 4.98 Å². The van der Waals surface area contributed by atoms with Crippen molar-refractivity contribution in [2.75, 3.05) is 18.8 Å². The molecule has 2 heterocycles. The Bertz CT molecular complexity index is 732. The molecule has 1 aliphatic rings. The van der Waals surface area contributed by atoms with E-state index < -0.39 is 11.7 Å². The van der Waals surface area contributed by atoms with Gasteiger partial charge in [-0.25, -0.2) is 4.98 Å². The van der Waals surface area contributed by atoms with Gasteiger partial charge in [0.15, 0.2) is 0 Å². The Morgan fingerprint density at radius 3 is 2.54 bits per heavy atom. The summed E-state index contributed by atoms with van der Waals surface area (Å²) in [5.74, 6) is 0.883. The zero-order valence-corrected chi connectivity index (χ0v) is 14.6.